The average molecular weight is 560 g/mol. The molecule has 0 radical (unpaired) electrons. The Balaban J connectivity index is 1.53. The van der Waals surface area contributed by atoms with Gasteiger partial charge in [0, 0.05) is 12.5 Å². The van der Waals surface area contributed by atoms with Gasteiger partial charge in [-0.15, -0.1) is 0 Å². The molecule has 3 aromatic carbocycles. The predicted molar refractivity (Wildman–Crippen MR) is 160 cm³/mol. The number of benzene rings is 3. The van der Waals surface area contributed by atoms with Gasteiger partial charge in [-0.05, 0) is 27.4 Å². The van der Waals surface area contributed by atoms with Crippen molar-refractivity contribution in [3.63, 3.8) is 0 Å². The Labute approximate surface area is 239 Å². The van der Waals surface area contributed by atoms with E-state index >= 15 is 0 Å². The lowest BCUT2D eigenvalue weighted by Gasteiger charge is -2.44. The number of hydrogen-bond acceptors (Lipinski definition) is 5. The summed E-state index contributed by atoms with van der Waals surface area (Å²) >= 11 is 0. The largest absolute Gasteiger partial charge is 0.447 e. The zero-order chi connectivity index (χ0) is 28.9. The monoisotopic (exact) mass is 559 g/mol. The number of carbonyl (C=O) groups excluding carboxylic acids is 2. The maximum absolute atomic E-state index is 13.5. The summed E-state index contributed by atoms with van der Waals surface area (Å²) in [6, 6.07) is 30.0. The molecule has 4 atom stereocenters. The highest BCUT2D eigenvalue weighted by Gasteiger charge is 2.50. The molecule has 1 aliphatic heterocycles. The third-order valence-corrected chi connectivity index (χ3v) is 13.0. The Hall–Kier alpha value is -3.26. The van der Waals surface area contributed by atoms with Crippen molar-refractivity contribution in [3.8, 4) is 0 Å². The summed E-state index contributed by atoms with van der Waals surface area (Å²) in [6.07, 6.45) is -1.15. The minimum absolute atomic E-state index is 0.148. The van der Waals surface area contributed by atoms with Crippen LogP contribution in [-0.4, -0.2) is 55.7 Å². The number of hydrogen-bond donors (Lipinski definition) is 1. The van der Waals surface area contributed by atoms with Gasteiger partial charge in [-0.3, -0.25) is 4.79 Å². The Kier molecular flexibility index (Phi) is 9.28. The Bertz CT molecular complexity index is 1220. The molecule has 1 fully saturated rings. The van der Waals surface area contributed by atoms with E-state index in [2.05, 4.69) is 45.0 Å². The summed E-state index contributed by atoms with van der Waals surface area (Å²) in [5, 5.41) is 13.5. The lowest BCUT2D eigenvalue weighted by Crippen LogP contribution is -2.67. The average Bonchev–Trinajstić information content (AvgIpc) is 3.32. The van der Waals surface area contributed by atoms with Gasteiger partial charge in [0.1, 0.15) is 6.61 Å². The zero-order valence-electron chi connectivity index (χ0n) is 24.1. The number of carbonyl (C=O) groups is 2. The lowest BCUT2D eigenvalue weighted by molar-refractivity contribution is -0.137. The van der Waals surface area contributed by atoms with Crippen molar-refractivity contribution in [2.45, 2.75) is 58.2 Å². The van der Waals surface area contributed by atoms with E-state index in [1.807, 2.05) is 73.7 Å². The number of nitrogens with zero attached hydrogens (tertiary/aromatic N) is 1. The quantitative estimate of drug-likeness (QED) is 0.362. The SMILES string of the molecule is C[C@H](CO[Si](c1ccccc1)(c1ccccc1)C(C)(C)C)[C@@H](O)[C@H](C)C(=O)N1C(=O)OC[C@@H]1Cc1ccccc1. The number of rotatable bonds is 10. The highest BCUT2D eigenvalue weighted by molar-refractivity contribution is 6.99. The van der Waals surface area contributed by atoms with Crippen LogP contribution in [0.4, 0.5) is 4.79 Å². The van der Waals surface area contributed by atoms with Gasteiger partial charge < -0.3 is 14.3 Å². The van der Waals surface area contributed by atoms with Crippen molar-refractivity contribution >= 4 is 30.7 Å². The molecular formula is C33H41NO5Si. The predicted octanol–water partition coefficient (Wildman–Crippen LogP) is 4.79. The minimum Gasteiger partial charge on any atom is -0.447 e. The van der Waals surface area contributed by atoms with E-state index in [1.165, 1.54) is 4.90 Å². The number of amides is 2. The summed E-state index contributed by atoms with van der Waals surface area (Å²) in [6.45, 7) is 10.6. The Morgan fingerprint density at radius 3 is 1.95 bits per heavy atom. The third-order valence-electron chi connectivity index (χ3n) is 7.98. The Morgan fingerprint density at radius 1 is 0.950 bits per heavy atom. The molecule has 7 heteroatoms. The van der Waals surface area contributed by atoms with Crippen LogP contribution in [0.1, 0.15) is 40.2 Å². The van der Waals surface area contributed by atoms with Crippen LogP contribution in [0.15, 0.2) is 91.0 Å². The molecule has 212 valence electrons. The summed E-state index contributed by atoms with van der Waals surface area (Å²) in [7, 11) is -2.79. The van der Waals surface area contributed by atoms with Gasteiger partial charge in [0.15, 0.2) is 0 Å². The van der Waals surface area contributed by atoms with E-state index in [0.29, 0.717) is 6.42 Å². The van der Waals surface area contributed by atoms with Gasteiger partial charge in [-0.1, -0.05) is 126 Å². The first-order valence-corrected chi connectivity index (χ1v) is 15.9. The normalized spacial score (nSPS) is 18.2. The van der Waals surface area contributed by atoms with E-state index < -0.39 is 38.4 Å². The first-order valence-electron chi connectivity index (χ1n) is 14.0. The van der Waals surface area contributed by atoms with E-state index in [9.17, 15) is 14.7 Å². The topological polar surface area (TPSA) is 76.1 Å². The lowest BCUT2D eigenvalue weighted by atomic mass is 9.92. The van der Waals surface area contributed by atoms with E-state index in [-0.39, 0.29) is 24.2 Å². The smallest absolute Gasteiger partial charge is 0.416 e. The van der Waals surface area contributed by atoms with Crippen molar-refractivity contribution < 1.29 is 23.9 Å². The molecule has 1 heterocycles. The molecule has 0 spiro atoms. The third kappa shape index (κ3) is 6.07. The van der Waals surface area contributed by atoms with Gasteiger partial charge in [0.05, 0.1) is 18.1 Å². The fourth-order valence-electron chi connectivity index (χ4n) is 5.74. The van der Waals surface area contributed by atoms with Crippen LogP contribution in [0.25, 0.3) is 0 Å². The maximum Gasteiger partial charge on any atom is 0.416 e. The first kappa shape index (κ1) is 29.7. The van der Waals surface area contributed by atoms with Crippen molar-refractivity contribution in [1.82, 2.24) is 4.90 Å². The van der Waals surface area contributed by atoms with Crippen LogP contribution in [0.5, 0.6) is 0 Å². The summed E-state index contributed by atoms with van der Waals surface area (Å²) < 4.78 is 12.2. The van der Waals surface area contributed by atoms with Gasteiger partial charge in [-0.25, -0.2) is 9.69 Å². The second-order valence-corrected chi connectivity index (χ2v) is 16.2. The standard InChI is InChI=1S/C33H41NO5Si/c1-24(22-39-40(33(3,4)5,28-17-11-7-12-18-28)29-19-13-8-14-20-29)30(35)25(2)31(36)34-27(23-38-32(34)37)21-26-15-9-6-10-16-26/h6-20,24-25,27,30,35H,21-23H2,1-5H3/t24-,25+,27+,30-/m1/s1. The number of imide groups is 1. The van der Waals surface area contributed by atoms with E-state index in [1.54, 1.807) is 6.92 Å². The molecule has 3 aromatic rings. The van der Waals surface area contributed by atoms with Crippen LogP contribution < -0.4 is 10.4 Å². The van der Waals surface area contributed by atoms with Crippen molar-refractivity contribution in [1.29, 1.82) is 0 Å². The molecule has 1 saturated heterocycles. The number of ether oxygens (including phenoxy) is 1. The molecule has 4 rings (SSSR count). The van der Waals surface area contributed by atoms with Crippen LogP contribution in [-0.2, 0) is 20.4 Å². The molecule has 1 aliphatic rings. The molecule has 0 aromatic heterocycles. The molecule has 0 saturated carbocycles. The van der Waals surface area contributed by atoms with Gasteiger partial charge in [0.25, 0.3) is 8.32 Å². The molecule has 0 aliphatic carbocycles. The molecule has 40 heavy (non-hydrogen) atoms. The van der Waals surface area contributed by atoms with Crippen molar-refractivity contribution in [2.75, 3.05) is 13.2 Å². The van der Waals surface area contributed by atoms with E-state index in [0.717, 1.165) is 15.9 Å². The fraction of sp³-hybridized carbons (Fsp3) is 0.394. The first-order chi connectivity index (χ1) is 19.1. The van der Waals surface area contributed by atoms with Gasteiger partial charge in [0.2, 0.25) is 5.91 Å². The highest BCUT2D eigenvalue weighted by Crippen LogP contribution is 2.37. The van der Waals surface area contributed by atoms with Crippen molar-refractivity contribution in [3.05, 3.63) is 96.6 Å². The number of aliphatic hydroxyl groups is 1. The molecule has 6 nitrogen and oxygen atoms in total. The van der Waals surface area contributed by atoms with Crippen molar-refractivity contribution in [2.24, 2.45) is 11.8 Å². The Morgan fingerprint density at radius 2 is 1.45 bits per heavy atom. The summed E-state index contributed by atoms with van der Waals surface area (Å²) in [5.41, 5.74) is 1.02. The molecular weight excluding hydrogens is 518 g/mol. The number of cyclic esters (lactones) is 1. The molecule has 1 N–H and O–H groups in total. The van der Waals surface area contributed by atoms with Crippen LogP contribution in [0.3, 0.4) is 0 Å². The summed E-state index contributed by atoms with van der Waals surface area (Å²) in [5.74, 6) is -1.58. The molecule has 0 unspecified atom stereocenters. The van der Waals surface area contributed by atoms with Gasteiger partial charge >= 0.3 is 6.09 Å². The molecule has 0 bridgehead atoms. The maximum atomic E-state index is 13.5. The minimum atomic E-state index is -2.79. The molecule has 2 amide bonds. The van der Waals surface area contributed by atoms with Crippen LogP contribution in [0.2, 0.25) is 5.04 Å². The zero-order valence-corrected chi connectivity index (χ0v) is 25.1. The fourth-order valence-corrected chi connectivity index (χ4v) is 10.4. The van der Waals surface area contributed by atoms with Crippen LogP contribution in [0, 0.1) is 11.8 Å². The summed E-state index contributed by atoms with van der Waals surface area (Å²) in [4.78, 5) is 27.3. The van der Waals surface area contributed by atoms with Gasteiger partial charge in [-0.2, -0.15) is 0 Å². The highest BCUT2D eigenvalue weighted by atomic mass is 28.4. The second kappa shape index (κ2) is 12.5. The van der Waals surface area contributed by atoms with E-state index in [4.69, 9.17) is 9.16 Å². The number of aliphatic hydroxyl groups excluding tert-OH is 1. The second-order valence-electron chi connectivity index (χ2n) is 11.9. The van der Waals surface area contributed by atoms with Crippen LogP contribution >= 0.6 is 0 Å².